The standard InChI is InChI=1S/C19H17F2NO6/c1-26-13-5-12(6-14(8-13)27-2)19(25)22-9-18(24)28-10-17(23)11-3-4-15(20)16(21)7-11/h3-8H,9-10H2,1-2H3,(H,22,25). The molecule has 1 amide bonds. The maximum atomic E-state index is 13.1. The molecule has 0 heterocycles. The van der Waals surface area contributed by atoms with Crippen LogP contribution in [0.25, 0.3) is 0 Å². The Morgan fingerprint density at radius 1 is 0.893 bits per heavy atom. The van der Waals surface area contributed by atoms with E-state index in [-0.39, 0.29) is 11.1 Å². The number of esters is 1. The van der Waals surface area contributed by atoms with Gasteiger partial charge in [0, 0.05) is 17.2 Å². The van der Waals surface area contributed by atoms with Gasteiger partial charge < -0.3 is 19.5 Å². The first-order chi connectivity index (χ1) is 13.3. The number of amides is 1. The Balaban J connectivity index is 1.87. The van der Waals surface area contributed by atoms with Gasteiger partial charge in [0.05, 0.1) is 14.2 Å². The lowest BCUT2D eigenvalue weighted by atomic mass is 10.1. The van der Waals surface area contributed by atoms with Crippen molar-refractivity contribution in [2.45, 2.75) is 0 Å². The topological polar surface area (TPSA) is 90.9 Å². The van der Waals surface area contributed by atoms with Gasteiger partial charge in [0.2, 0.25) is 0 Å². The van der Waals surface area contributed by atoms with Crippen molar-refractivity contribution in [2.24, 2.45) is 0 Å². The lowest BCUT2D eigenvalue weighted by molar-refractivity contribution is -0.141. The number of nitrogens with one attached hydrogen (secondary N) is 1. The van der Waals surface area contributed by atoms with Crippen molar-refractivity contribution in [2.75, 3.05) is 27.4 Å². The van der Waals surface area contributed by atoms with Crippen LogP contribution in [0.4, 0.5) is 8.78 Å². The minimum absolute atomic E-state index is 0.140. The van der Waals surface area contributed by atoms with Gasteiger partial charge in [0.25, 0.3) is 5.91 Å². The summed E-state index contributed by atoms with van der Waals surface area (Å²) < 4.78 is 40.8. The Morgan fingerprint density at radius 2 is 1.54 bits per heavy atom. The summed E-state index contributed by atoms with van der Waals surface area (Å²) in [5.74, 6) is -3.66. The fraction of sp³-hybridized carbons (Fsp3) is 0.211. The third-order valence-corrected chi connectivity index (χ3v) is 3.61. The SMILES string of the molecule is COc1cc(OC)cc(C(=O)NCC(=O)OCC(=O)c2ccc(F)c(F)c2)c1. The summed E-state index contributed by atoms with van der Waals surface area (Å²) in [7, 11) is 2.86. The Labute approximate surface area is 159 Å². The van der Waals surface area contributed by atoms with Crippen LogP contribution in [0.5, 0.6) is 11.5 Å². The summed E-state index contributed by atoms with van der Waals surface area (Å²) in [4.78, 5) is 35.7. The molecule has 0 aliphatic carbocycles. The molecular formula is C19H17F2NO6. The normalized spacial score (nSPS) is 10.1. The molecule has 0 saturated carbocycles. The number of carbonyl (C=O) groups is 3. The molecule has 2 rings (SSSR count). The Hall–Kier alpha value is -3.49. The maximum absolute atomic E-state index is 13.1. The molecule has 2 aromatic carbocycles. The van der Waals surface area contributed by atoms with Crippen molar-refractivity contribution in [1.82, 2.24) is 5.32 Å². The molecule has 0 spiro atoms. The van der Waals surface area contributed by atoms with Crippen LogP contribution in [-0.2, 0) is 9.53 Å². The van der Waals surface area contributed by atoms with Crippen molar-refractivity contribution in [3.05, 3.63) is 59.2 Å². The van der Waals surface area contributed by atoms with Gasteiger partial charge in [0.1, 0.15) is 18.0 Å². The van der Waals surface area contributed by atoms with Crippen LogP contribution < -0.4 is 14.8 Å². The molecule has 0 saturated heterocycles. The fourth-order valence-electron chi connectivity index (χ4n) is 2.14. The minimum Gasteiger partial charge on any atom is -0.497 e. The van der Waals surface area contributed by atoms with E-state index >= 15 is 0 Å². The van der Waals surface area contributed by atoms with E-state index in [4.69, 9.17) is 14.2 Å². The largest absolute Gasteiger partial charge is 0.497 e. The van der Waals surface area contributed by atoms with Gasteiger partial charge in [-0.2, -0.15) is 0 Å². The first-order valence-electron chi connectivity index (χ1n) is 7.99. The molecule has 0 atom stereocenters. The fourth-order valence-corrected chi connectivity index (χ4v) is 2.14. The third-order valence-electron chi connectivity index (χ3n) is 3.61. The molecule has 0 fully saturated rings. The van der Waals surface area contributed by atoms with E-state index in [0.29, 0.717) is 17.6 Å². The number of benzene rings is 2. The maximum Gasteiger partial charge on any atom is 0.325 e. The number of ether oxygens (including phenoxy) is 3. The molecule has 0 bridgehead atoms. The zero-order valence-corrected chi connectivity index (χ0v) is 15.1. The number of hydrogen-bond donors (Lipinski definition) is 1. The van der Waals surface area contributed by atoms with E-state index in [1.165, 1.54) is 26.4 Å². The molecule has 28 heavy (non-hydrogen) atoms. The van der Waals surface area contributed by atoms with Gasteiger partial charge in [0.15, 0.2) is 24.0 Å². The molecule has 7 nitrogen and oxygen atoms in total. The summed E-state index contributed by atoms with van der Waals surface area (Å²) in [6, 6.07) is 7.07. The van der Waals surface area contributed by atoms with E-state index in [1.807, 2.05) is 0 Å². The number of hydrogen-bond acceptors (Lipinski definition) is 6. The van der Waals surface area contributed by atoms with E-state index in [1.54, 1.807) is 6.07 Å². The predicted molar refractivity (Wildman–Crippen MR) is 93.5 cm³/mol. The highest BCUT2D eigenvalue weighted by Crippen LogP contribution is 2.22. The summed E-state index contributed by atoms with van der Waals surface area (Å²) >= 11 is 0. The lowest BCUT2D eigenvalue weighted by Gasteiger charge is -2.09. The predicted octanol–water partition coefficient (Wildman–Crippen LogP) is 2.14. The quantitative estimate of drug-likeness (QED) is 0.546. The second kappa shape index (κ2) is 9.45. The van der Waals surface area contributed by atoms with E-state index in [9.17, 15) is 23.2 Å². The highest BCUT2D eigenvalue weighted by atomic mass is 19.2. The van der Waals surface area contributed by atoms with E-state index in [0.717, 1.165) is 12.1 Å². The average molecular weight is 393 g/mol. The van der Waals surface area contributed by atoms with Crippen molar-refractivity contribution < 1.29 is 37.4 Å². The number of halogens is 2. The van der Waals surface area contributed by atoms with Crippen LogP contribution in [0.1, 0.15) is 20.7 Å². The van der Waals surface area contributed by atoms with E-state index < -0.39 is 42.4 Å². The van der Waals surface area contributed by atoms with Gasteiger partial charge >= 0.3 is 5.97 Å². The number of Topliss-reactive ketones (excluding diaryl/α,β-unsaturated/α-hetero) is 1. The van der Waals surface area contributed by atoms with E-state index in [2.05, 4.69) is 5.32 Å². The molecule has 0 aromatic heterocycles. The van der Waals surface area contributed by atoms with Crippen LogP contribution >= 0.6 is 0 Å². The molecular weight excluding hydrogens is 376 g/mol. The summed E-state index contributed by atoms with van der Waals surface area (Å²) in [5, 5.41) is 2.34. The van der Waals surface area contributed by atoms with Crippen molar-refractivity contribution in [1.29, 1.82) is 0 Å². The van der Waals surface area contributed by atoms with Gasteiger partial charge in [-0.15, -0.1) is 0 Å². The Bertz CT molecular complexity index is 878. The number of ketones is 1. The highest BCUT2D eigenvalue weighted by Gasteiger charge is 2.15. The van der Waals surface area contributed by atoms with Crippen LogP contribution in [0.15, 0.2) is 36.4 Å². The summed E-state index contributed by atoms with van der Waals surface area (Å²) in [6.45, 7) is -1.17. The molecule has 0 unspecified atom stereocenters. The number of carbonyl (C=O) groups excluding carboxylic acids is 3. The third kappa shape index (κ3) is 5.50. The number of methoxy groups -OCH3 is 2. The van der Waals surface area contributed by atoms with Gasteiger partial charge in [-0.25, -0.2) is 8.78 Å². The molecule has 9 heteroatoms. The van der Waals surface area contributed by atoms with Gasteiger partial charge in [-0.3, -0.25) is 14.4 Å². The monoisotopic (exact) mass is 393 g/mol. The summed E-state index contributed by atoms with van der Waals surface area (Å²) in [6.07, 6.45) is 0. The second-order valence-electron chi connectivity index (χ2n) is 5.50. The summed E-state index contributed by atoms with van der Waals surface area (Å²) in [5.41, 5.74) is 0.0566. The van der Waals surface area contributed by atoms with Crippen LogP contribution in [0.2, 0.25) is 0 Å². The zero-order valence-electron chi connectivity index (χ0n) is 15.1. The second-order valence-corrected chi connectivity index (χ2v) is 5.50. The molecule has 1 N–H and O–H groups in total. The first-order valence-corrected chi connectivity index (χ1v) is 7.99. The molecule has 2 aromatic rings. The molecule has 0 aliphatic rings. The average Bonchev–Trinajstić information content (AvgIpc) is 2.71. The minimum atomic E-state index is -1.18. The molecule has 0 aliphatic heterocycles. The zero-order chi connectivity index (χ0) is 20.7. The van der Waals surface area contributed by atoms with Crippen molar-refractivity contribution in [3.63, 3.8) is 0 Å². The number of rotatable bonds is 8. The van der Waals surface area contributed by atoms with Crippen LogP contribution in [-0.4, -0.2) is 45.0 Å². The Kier molecular flexibility index (Phi) is 7.02. The van der Waals surface area contributed by atoms with Crippen molar-refractivity contribution in [3.8, 4) is 11.5 Å². The molecule has 0 radical (unpaired) electrons. The van der Waals surface area contributed by atoms with Gasteiger partial charge in [-0.05, 0) is 30.3 Å². The molecule has 148 valence electrons. The smallest absolute Gasteiger partial charge is 0.325 e. The van der Waals surface area contributed by atoms with Gasteiger partial charge in [-0.1, -0.05) is 0 Å². The first kappa shape index (κ1) is 20.8. The lowest BCUT2D eigenvalue weighted by Crippen LogP contribution is -2.31. The Morgan fingerprint density at radius 3 is 2.11 bits per heavy atom. The van der Waals surface area contributed by atoms with Crippen LogP contribution in [0.3, 0.4) is 0 Å². The van der Waals surface area contributed by atoms with Crippen molar-refractivity contribution >= 4 is 17.7 Å². The van der Waals surface area contributed by atoms with Crippen LogP contribution in [0, 0.1) is 11.6 Å². The highest BCUT2D eigenvalue weighted by molar-refractivity contribution is 5.99.